The number of nitrogens with zero attached hydrogens (tertiary/aromatic N) is 1. The number of hydrogen-bond acceptors (Lipinski definition) is 2. The fourth-order valence-corrected chi connectivity index (χ4v) is 1.89. The molecule has 0 atom stereocenters. The number of carbonyl (C=O) groups excluding carboxylic acids is 1. The van der Waals surface area contributed by atoms with Crippen molar-refractivity contribution in [3.63, 3.8) is 0 Å². The summed E-state index contributed by atoms with van der Waals surface area (Å²) in [5.41, 5.74) is 2.34. The molecule has 1 N–H and O–H groups in total. The van der Waals surface area contributed by atoms with Gasteiger partial charge in [-0.1, -0.05) is 30.3 Å². The molecule has 0 aliphatic heterocycles. The van der Waals surface area contributed by atoms with Crippen molar-refractivity contribution in [1.82, 2.24) is 9.97 Å². The lowest BCUT2D eigenvalue weighted by molar-refractivity contribution is 0.103. The molecule has 0 bridgehead atoms. The molecule has 0 aliphatic rings. The van der Waals surface area contributed by atoms with Crippen molar-refractivity contribution in [2.75, 3.05) is 0 Å². The van der Waals surface area contributed by atoms with Crippen LogP contribution in [0.25, 0.3) is 17.1 Å². The van der Waals surface area contributed by atoms with Crippen molar-refractivity contribution in [1.29, 1.82) is 0 Å². The average Bonchev–Trinajstić information content (AvgIpc) is 2.90. The number of benzene rings is 2. The van der Waals surface area contributed by atoms with Gasteiger partial charge in [-0.3, -0.25) is 4.79 Å². The van der Waals surface area contributed by atoms with Gasteiger partial charge < -0.3 is 4.98 Å². The van der Waals surface area contributed by atoms with E-state index in [-0.39, 0.29) is 11.6 Å². The van der Waals surface area contributed by atoms with Gasteiger partial charge in [0.1, 0.15) is 5.82 Å². The largest absolute Gasteiger partial charge is 0.335 e. The molecule has 1 heterocycles. The van der Waals surface area contributed by atoms with Crippen LogP contribution in [0.1, 0.15) is 16.2 Å². The summed E-state index contributed by atoms with van der Waals surface area (Å²) >= 11 is 0. The van der Waals surface area contributed by atoms with Crippen LogP contribution in [0.3, 0.4) is 0 Å². The van der Waals surface area contributed by atoms with Crippen LogP contribution >= 0.6 is 0 Å². The molecule has 0 radical (unpaired) electrons. The third-order valence-corrected chi connectivity index (χ3v) is 2.92. The molecule has 4 heteroatoms. The zero-order valence-electron chi connectivity index (χ0n) is 10.5. The molecule has 0 amide bonds. The first-order valence-electron chi connectivity index (χ1n) is 6.15. The third kappa shape index (κ3) is 2.49. The van der Waals surface area contributed by atoms with Crippen LogP contribution in [0.4, 0.5) is 4.39 Å². The van der Waals surface area contributed by atoms with Gasteiger partial charge in [0.05, 0.1) is 11.0 Å². The van der Waals surface area contributed by atoms with Crippen molar-refractivity contribution >= 4 is 22.9 Å². The summed E-state index contributed by atoms with van der Waals surface area (Å²) < 4.78 is 12.8. The number of fused-ring (bicyclic) bond motifs is 1. The van der Waals surface area contributed by atoms with Crippen LogP contribution in [-0.2, 0) is 0 Å². The SMILES string of the molecule is O=C(/C=C/c1ccc(F)cc1)c1nc2ccccc2[nH]1. The lowest BCUT2D eigenvalue weighted by Gasteiger charge is -1.92. The molecular weight excluding hydrogens is 255 g/mol. The summed E-state index contributed by atoms with van der Waals surface area (Å²) in [6, 6.07) is 13.4. The number of para-hydroxylation sites is 2. The summed E-state index contributed by atoms with van der Waals surface area (Å²) in [5, 5.41) is 0. The normalized spacial score (nSPS) is 11.2. The Labute approximate surface area is 114 Å². The number of hydrogen-bond donors (Lipinski definition) is 1. The number of allylic oxidation sites excluding steroid dienone is 1. The molecule has 0 spiro atoms. The highest BCUT2D eigenvalue weighted by Crippen LogP contribution is 2.11. The number of nitrogens with one attached hydrogen (secondary N) is 1. The van der Waals surface area contributed by atoms with E-state index in [1.165, 1.54) is 18.2 Å². The average molecular weight is 266 g/mol. The van der Waals surface area contributed by atoms with E-state index in [0.29, 0.717) is 5.82 Å². The van der Waals surface area contributed by atoms with Crippen LogP contribution in [0.15, 0.2) is 54.6 Å². The van der Waals surface area contributed by atoms with Crippen LogP contribution in [0.5, 0.6) is 0 Å². The molecule has 98 valence electrons. The van der Waals surface area contributed by atoms with Crippen molar-refractivity contribution in [2.24, 2.45) is 0 Å². The molecule has 0 unspecified atom stereocenters. The molecule has 0 aliphatic carbocycles. The van der Waals surface area contributed by atoms with Gasteiger partial charge in [0.15, 0.2) is 5.82 Å². The highest BCUT2D eigenvalue weighted by Gasteiger charge is 2.07. The summed E-state index contributed by atoms with van der Waals surface area (Å²) in [6.07, 6.45) is 3.06. The van der Waals surface area contributed by atoms with E-state index in [4.69, 9.17) is 0 Å². The number of ketones is 1. The highest BCUT2D eigenvalue weighted by atomic mass is 19.1. The van der Waals surface area contributed by atoms with E-state index in [1.807, 2.05) is 24.3 Å². The monoisotopic (exact) mass is 266 g/mol. The van der Waals surface area contributed by atoms with E-state index in [2.05, 4.69) is 9.97 Å². The highest BCUT2D eigenvalue weighted by molar-refractivity contribution is 6.05. The number of carbonyl (C=O) groups is 1. The Morgan fingerprint density at radius 2 is 1.85 bits per heavy atom. The zero-order valence-corrected chi connectivity index (χ0v) is 10.5. The second-order valence-electron chi connectivity index (χ2n) is 4.35. The smallest absolute Gasteiger partial charge is 0.221 e. The molecule has 3 rings (SSSR count). The van der Waals surface area contributed by atoms with E-state index in [1.54, 1.807) is 18.2 Å². The van der Waals surface area contributed by atoms with Gasteiger partial charge in [-0.15, -0.1) is 0 Å². The summed E-state index contributed by atoms with van der Waals surface area (Å²) in [7, 11) is 0. The zero-order chi connectivity index (χ0) is 13.9. The summed E-state index contributed by atoms with van der Waals surface area (Å²) in [5.74, 6) is -0.221. The first kappa shape index (κ1) is 12.3. The predicted octanol–water partition coefficient (Wildman–Crippen LogP) is 3.60. The fraction of sp³-hybridized carbons (Fsp3) is 0. The van der Waals surface area contributed by atoms with Gasteiger partial charge in [0, 0.05) is 0 Å². The fourth-order valence-electron chi connectivity index (χ4n) is 1.89. The Morgan fingerprint density at radius 1 is 1.10 bits per heavy atom. The van der Waals surface area contributed by atoms with E-state index >= 15 is 0 Å². The van der Waals surface area contributed by atoms with Crippen LogP contribution in [0.2, 0.25) is 0 Å². The van der Waals surface area contributed by atoms with Crippen LogP contribution in [0, 0.1) is 5.82 Å². The molecule has 0 saturated carbocycles. The summed E-state index contributed by atoms with van der Waals surface area (Å²) in [6.45, 7) is 0. The standard InChI is InChI=1S/C16H11FN2O/c17-12-8-5-11(6-9-12)7-10-15(20)16-18-13-3-1-2-4-14(13)19-16/h1-10H,(H,18,19)/b10-7+. The third-order valence-electron chi connectivity index (χ3n) is 2.92. The van der Waals surface area contributed by atoms with Gasteiger partial charge in [-0.2, -0.15) is 0 Å². The molecule has 1 aromatic heterocycles. The predicted molar refractivity (Wildman–Crippen MR) is 75.9 cm³/mol. The van der Waals surface area contributed by atoms with Gasteiger partial charge in [-0.25, -0.2) is 9.37 Å². The Hall–Kier alpha value is -2.75. The molecule has 20 heavy (non-hydrogen) atoms. The maximum Gasteiger partial charge on any atom is 0.221 e. The maximum absolute atomic E-state index is 12.8. The van der Waals surface area contributed by atoms with Gasteiger partial charge in [0.2, 0.25) is 5.78 Å². The quantitative estimate of drug-likeness (QED) is 0.581. The maximum atomic E-state index is 12.8. The number of imidazole rings is 1. The summed E-state index contributed by atoms with van der Waals surface area (Å²) in [4.78, 5) is 19.2. The minimum Gasteiger partial charge on any atom is -0.335 e. The Kier molecular flexibility index (Phi) is 3.13. The molecule has 3 nitrogen and oxygen atoms in total. The van der Waals surface area contributed by atoms with Crippen molar-refractivity contribution in [2.45, 2.75) is 0 Å². The second kappa shape index (κ2) is 5.09. The van der Waals surface area contributed by atoms with Gasteiger partial charge in [0.25, 0.3) is 0 Å². The number of halogens is 1. The minimum absolute atomic E-state index is 0.217. The van der Waals surface area contributed by atoms with Crippen molar-refractivity contribution in [3.05, 3.63) is 71.8 Å². The first-order chi connectivity index (χ1) is 9.72. The van der Waals surface area contributed by atoms with Gasteiger partial charge in [-0.05, 0) is 35.9 Å². The first-order valence-corrected chi connectivity index (χ1v) is 6.15. The van der Waals surface area contributed by atoms with Crippen molar-refractivity contribution in [3.8, 4) is 0 Å². The topological polar surface area (TPSA) is 45.8 Å². The van der Waals surface area contributed by atoms with E-state index < -0.39 is 0 Å². The lowest BCUT2D eigenvalue weighted by Crippen LogP contribution is -1.96. The molecule has 0 fully saturated rings. The number of H-pyrrole nitrogens is 1. The number of aromatic amines is 1. The van der Waals surface area contributed by atoms with Crippen molar-refractivity contribution < 1.29 is 9.18 Å². The number of rotatable bonds is 3. The molecule has 3 aromatic rings. The Morgan fingerprint density at radius 3 is 2.60 bits per heavy atom. The van der Waals surface area contributed by atoms with E-state index in [0.717, 1.165) is 16.6 Å². The molecule has 2 aromatic carbocycles. The van der Waals surface area contributed by atoms with Gasteiger partial charge >= 0.3 is 0 Å². The number of aromatic nitrogens is 2. The Balaban J connectivity index is 1.83. The molecule has 0 saturated heterocycles. The Bertz CT molecular complexity index is 755. The minimum atomic E-state index is -0.300. The van der Waals surface area contributed by atoms with Crippen LogP contribution in [-0.4, -0.2) is 15.8 Å². The van der Waals surface area contributed by atoms with Crippen LogP contribution < -0.4 is 0 Å². The molecular formula is C16H11FN2O. The lowest BCUT2D eigenvalue weighted by atomic mass is 10.2. The van der Waals surface area contributed by atoms with E-state index in [9.17, 15) is 9.18 Å². The second-order valence-corrected chi connectivity index (χ2v) is 4.35.